The van der Waals surface area contributed by atoms with Crippen molar-refractivity contribution in [2.24, 2.45) is 11.7 Å². The van der Waals surface area contributed by atoms with Gasteiger partial charge in [-0.3, -0.25) is 4.79 Å². The molecule has 4 atom stereocenters. The smallest absolute Gasteiger partial charge is 0.224 e. The lowest BCUT2D eigenvalue weighted by Crippen LogP contribution is -2.40. The average molecular weight is 253 g/mol. The molecule has 2 aliphatic rings. The molecular weight excluding hydrogens is 233 g/mol. The summed E-state index contributed by atoms with van der Waals surface area (Å²) in [7, 11) is 0. The maximum Gasteiger partial charge on any atom is 0.224 e. The van der Waals surface area contributed by atoms with Crippen LogP contribution >= 0.6 is 0 Å². The van der Waals surface area contributed by atoms with Gasteiger partial charge in [0.25, 0.3) is 0 Å². The number of hydrogen-bond acceptors (Lipinski definition) is 3. The number of nitrogens with two attached hydrogens (primary N) is 1. The Morgan fingerprint density at radius 2 is 2.17 bits per heavy atom. The number of rotatable bonds is 2. The number of carbonyl (C=O) groups excluding carboxylic acids is 1. The number of hydrogen-bond donors (Lipinski definition) is 1. The van der Waals surface area contributed by atoms with E-state index in [0.717, 1.165) is 25.7 Å². The lowest BCUT2D eigenvalue weighted by molar-refractivity contribution is -0.132. The molecule has 0 spiro atoms. The first-order chi connectivity index (χ1) is 8.61. The first-order valence-electron chi connectivity index (χ1n) is 6.70. The molecule has 1 unspecified atom stereocenters. The molecule has 0 aromatic carbocycles. The highest BCUT2D eigenvalue weighted by atomic mass is 19.1. The number of amides is 1. The van der Waals surface area contributed by atoms with Crippen molar-refractivity contribution in [1.29, 1.82) is 5.26 Å². The van der Waals surface area contributed by atoms with Crippen LogP contribution in [0.3, 0.4) is 0 Å². The summed E-state index contributed by atoms with van der Waals surface area (Å²) in [6.07, 6.45) is 3.63. The number of alkyl halides is 1. The van der Waals surface area contributed by atoms with Gasteiger partial charge in [-0.05, 0) is 18.8 Å². The second kappa shape index (κ2) is 5.66. The van der Waals surface area contributed by atoms with Crippen LogP contribution in [-0.2, 0) is 4.79 Å². The van der Waals surface area contributed by atoms with Crippen LogP contribution in [0.15, 0.2) is 0 Å². The van der Waals surface area contributed by atoms with E-state index in [4.69, 9.17) is 11.0 Å². The highest BCUT2D eigenvalue weighted by Crippen LogP contribution is 2.28. The summed E-state index contributed by atoms with van der Waals surface area (Å²) in [5, 5.41) is 8.93. The number of carbonyl (C=O) groups is 1. The lowest BCUT2D eigenvalue weighted by Gasteiger charge is -2.30. The monoisotopic (exact) mass is 253 g/mol. The number of halogens is 1. The SMILES string of the molecule is N#C[C@@H]1C[C@H](F)CN1C(=O)CC1CCCC[C@@H]1N. The van der Waals surface area contributed by atoms with Crippen LogP contribution in [0.25, 0.3) is 0 Å². The van der Waals surface area contributed by atoms with E-state index >= 15 is 0 Å². The predicted octanol–water partition coefficient (Wildman–Crippen LogP) is 1.36. The van der Waals surface area contributed by atoms with Crippen LogP contribution in [0.4, 0.5) is 4.39 Å². The summed E-state index contributed by atoms with van der Waals surface area (Å²) in [6.45, 7) is 0.0685. The van der Waals surface area contributed by atoms with Crippen molar-refractivity contribution < 1.29 is 9.18 Å². The summed E-state index contributed by atoms with van der Waals surface area (Å²) in [5.74, 6) is 0.0910. The van der Waals surface area contributed by atoms with Crippen LogP contribution < -0.4 is 5.73 Å². The summed E-state index contributed by atoms with van der Waals surface area (Å²) >= 11 is 0. The molecule has 0 radical (unpaired) electrons. The molecule has 0 bridgehead atoms. The first kappa shape index (κ1) is 13.3. The van der Waals surface area contributed by atoms with E-state index < -0.39 is 12.2 Å². The van der Waals surface area contributed by atoms with Crippen molar-refractivity contribution in [3.8, 4) is 6.07 Å². The molecule has 1 saturated carbocycles. The van der Waals surface area contributed by atoms with Crippen LogP contribution in [0.5, 0.6) is 0 Å². The minimum atomic E-state index is -1.06. The largest absolute Gasteiger partial charge is 0.327 e. The number of nitrogens with zero attached hydrogens (tertiary/aromatic N) is 2. The lowest BCUT2D eigenvalue weighted by atomic mass is 9.82. The maximum absolute atomic E-state index is 13.3. The van der Waals surface area contributed by atoms with Gasteiger partial charge in [0.1, 0.15) is 12.2 Å². The normalized spacial score (nSPS) is 36.4. The number of nitriles is 1. The average Bonchev–Trinajstić information content (AvgIpc) is 2.73. The molecule has 1 saturated heterocycles. The van der Waals surface area contributed by atoms with Gasteiger partial charge in [-0.15, -0.1) is 0 Å². The van der Waals surface area contributed by atoms with Gasteiger partial charge in [0.05, 0.1) is 12.6 Å². The van der Waals surface area contributed by atoms with Gasteiger partial charge >= 0.3 is 0 Å². The third-order valence-corrected chi connectivity index (χ3v) is 4.12. The minimum Gasteiger partial charge on any atom is -0.327 e. The van der Waals surface area contributed by atoms with Gasteiger partial charge < -0.3 is 10.6 Å². The molecule has 4 nitrogen and oxygen atoms in total. The molecule has 5 heteroatoms. The molecule has 2 fully saturated rings. The van der Waals surface area contributed by atoms with Crippen molar-refractivity contribution in [2.75, 3.05) is 6.54 Å². The van der Waals surface area contributed by atoms with Crippen molar-refractivity contribution >= 4 is 5.91 Å². The summed E-state index contributed by atoms with van der Waals surface area (Å²) in [6, 6.07) is 1.49. The van der Waals surface area contributed by atoms with E-state index in [1.54, 1.807) is 0 Å². The fourth-order valence-electron chi connectivity index (χ4n) is 3.01. The third kappa shape index (κ3) is 2.81. The Morgan fingerprint density at radius 1 is 1.44 bits per heavy atom. The van der Waals surface area contributed by atoms with Gasteiger partial charge in [-0.1, -0.05) is 12.8 Å². The molecule has 1 amide bonds. The predicted molar refractivity (Wildman–Crippen MR) is 65.2 cm³/mol. The standard InChI is InChI=1S/C13H20FN3O/c14-10-6-11(7-15)17(8-10)13(18)5-9-3-1-2-4-12(9)16/h9-12H,1-6,8,16H2/t9?,10-,11-,12-/m0/s1. The molecule has 1 aliphatic carbocycles. The Labute approximate surface area is 107 Å². The highest BCUT2D eigenvalue weighted by Gasteiger charge is 2.36. The van der Waals surface area contributed by atoms with E-state index in [9.17, 15) is 9.18 Å². The zero-order chi connectivity index (χ0) is 13.1. The van der Waals surface area contributed by atoms with Gasteiger partial charge in [-0.2, -0.15) is 5.26 Å². The molecule has 1 aliphatic heterocycles. The molecular formula is C13H20FN3O. The van der Waals surface area contributed by atoms with Crippen molar-refractivity contribution in [3.05, 3.63) is 0 Å². The Hall–Kier alpha value is -1.15. The summed E-state index contributed by atoms with van der Waals surface area (Å²) < 4.78 is 13.3. The van der Waals surface area contributed by atoms with Crippen LogP contribution in [0.2, 0.25) is 0 Å². The quantitative estimate of drug-likeness (QED) is 0.807. The van der Waals surface area contributed by atoms with Crippen LogP contribution in [0.1, 0.15) is 38.5 Å². The molecule has 1 heterocycles. The molecule has 0 aromatic heterocycles. The third-order valence-electron chi connectivity index (χ3n) is 4.12. The maximum atomic E-state index is 13.3. The van der Waals surface area contributed by atoms with Gasteiger partial charge in [0.15, 0.2) is 0 Å². The molecule has 2 rings (SSSR count). The van der Waals surface area contributed by atoms with Gasteiger partial charge in [-0.25, -0.2) is 4.39 Å². The fourth-order valence-corrected chi connectivity index (χ4v) is 3.01. The summed E-state index contributed by atoms with van der Waals surface area (Å²) in [5.41, 5.74) is 6.01. The van der Waals surface area contributed by atoms with E-state index in [-0.39, 0.29) is 30.8 Å². The van der Waals surface area contributed by atoms with E-state index in [1.165, 1.54) is 4.90 Å². The zero-order valence-corrected chi connectivity index (χ0v) is 10.5. The van der Waals surface area contributed by atoms with Gasteiger partial charge in [0, 0.05) is 18.9 Å². The van der Waals surface area contributed by atoms with Gasteiger partial charge in [0.2, 0.25) is 5.91 Å². The minimum absolute atomic E-state index is 0.0685. The topological polar surface area (TPSA) is 70.1 Å². The van der Waals surface area contributed by atoms with E-state index in [0.29, 0.717) is 6.42 Å². The van der Waals surface area contributed by atoms with Crippen molar-refractivity contribution in [2.45, 2.75) is 56.8 Å². The molecule has 18 heavy (non-hydrogen) atoms. The second-order valence-corrected chi connectivity index (χ2v) is 5.44. The van der Waals surface area contributed by atoms with Crippen molar-refractivity contribution in [1.82, 2.24) is 4.90 Å². The summed E-state index contributed by atoms with van der Waals surface area (Å²) in [4.78, 5) is 13.5. The fraction of sp³-hybridized carbons (Fsp3) is 0.846. The first-order valence-corrected chi connectivity index (χ1v) is 6.70. The Balaban J connectivity index is 1.93. The van der Waals surface area contributed by atoms with E-state index in [1.807, 2.05) is 6.07 Å². The van der Waals surface area contributed by atoms with Crippen molar-refractivity contribution in [3.63, 3.8) is 0 Å². The highest BCUT2D eigenvalue weighted by molar-refractivity contribution is 5.77. The molecule has 2 N–H and O–H groups in total. The van der Waals surface area contributed by atoms with Crippen LogP contribution in [-0.4, -0.2) is 35.6 Å². The van der Waals surface area contributed by atoms with Crippen LogP contribution in [0, 0.1) is 17.2 Å². The molecule has 100 valence electrons. The zero-order valence-electron chi connectivity index (χ0n) is 10.5. The Bertz CT molecular complexity index is 355. The number of likely N-dealkylation sites (tertiary alicyclic amines) is 1. The van der Waals surface area contributed by atoms with E-state index in [2.05, 4.69) is 0 Å². The second-order valence-electron chi connectivity index (χ2n) is 5.44. The molecule has 0 aromatic rings. The Kier molecular flexibility index (Phi) is 4.18. The Morgan fingerprint density at radius 3 is 2.83 bits per heavy atom.